The van der Waals surface area contributed by atoms with E-state index < -0.39 is 0 Å². The zero-order chi connectivity index (χ0) is 11.7. The van der Waals surface area contributed by atoms with Gasteiger partial charge in [-0.2, -0.15) is 0 Å². The molecule has 1 N–H and O–H groups in total. The molecule has 1 saturated heterocycles. The molecule has 0 atom stereocenters. The Labute approximate surface area is 104 Å². The van der Waals surface area contributed by atoms with Crippen molar-refractivity contribution >= 4 is 0 Å². The van der Waals surface area contributed by atoms with Crippen LogP contribution in [-0.4, -0.2) is 61.4 Å². The van der Waals surface area contributed by atoms with Crippen molar-refractivity contribution in [3.63, 3.8) is 0 Å². The fourth-order valence-electron chi connectivity index (χ4n) is 3.09. The topological polar surface area (TPSA) is 27.7 Å². The Morgan fingerprint density at radius 3 is 2.29 bits per heavy atom. The van der Waals surface area contributed by atoms with E-state index in [1.54, 1.807) is 0 Å². The summed E-state index contributed by atoms with van der Waals surface area (Å²) in [4.78, 5) is 2.68. The largest absolute Gasteiger partial charge is 0.381 e. The molecule has 4 heteroatoms. The number of rotatable bonds is 4. The molecule has 0 amide bonds. The molecule has 3 rings (SSSR count). The van der Waals surface area contributed by atoms with Gasteiger partial charge in [0.15, 0.2) is 0 Å². The van der Waals surface area contributed by atoms with Gasteiger partial charge in [0.1, 0.15) is 0 Å². The van der Waals surface area contributed by atoms with Gasteiger partial charge in [-0.1, -0.05) is 6.42 Å². The van der Waals surface area contributed by atoms with E-state index in [0.29, 0.717) is 12.1 Å². The summed E-state index contributed by atoms with van der Waals surface area (Å²) in [5.74, 6) is 0. The number of nitrogens with one attached hydrogen (secondary N) is 1. The summed E-state index contributed by atoms with van der Waals surface area (Å²) in [5, 5.41) is 2.42. The lowest BCUT2D eigenvalue weighted by molar-refractivity contribution is -0.0273. The molecular formula is C13H25N3O. The lowest BCUT2D eigenvalue weighted by Gasteiger charge is -2.45. The summed E-state index contributed by atoms with van der Waals surface area (Å²) in [5.41, 5.74) is 3.64. The van der Waals surface area contributed by atoms with Gasteiger partial charge in [-0.15, -0.1) is 0 Å². The summed E-state index contributed by atoms with van der Waals surface area (Å²) in [6, 6.07) is 1.58. The zero-order valence-corrected chi connectivity index (χ0v) is 10.9. The summed E-state index contributed by atoms with van der Waals surface area (Å²) in [6.45, 7) is 4.87. The van der Waals surface area contributed by atoms with Crippen molar-refractivity contribution < 1.29 is 4.74 Å². The maximum Gasteiger partial charge on any atom is 0.0602 e. The monoisotopic (exact) mass is 239 g/mol. The SMILES string of the molecule is COC1CC(NN2CCN(C3CCC3)CC2)C1. The highest BCUT2D eigenvalue weighted by atomic mass is 16.5. The molecule has 1 aliphatic heterocycles. The molecule has 2 aliphatic carbocycles. The minimum atomic E-state index is 0.503. The standard InChI is InChI=1S/C13H25N3O/c1-17-13-9-11(10-13)14-16-7-5-15(6-8-16)12-3-2-4-12/h11-14H,2-10H2,1H3. The molecule has 0 aromatic carbocycles. The van der Waals surface area contributed by atoms with Crippen LogP contribution in [0.3, 0.4) is 0 Å². The predicted molar refractivity (Wildman–Crippen MR) is 67.7 cm³/mol. The summed E-state index contributed by atoms with van der Waals surface area (Å²) < 4.78 is 5.31. The molecule has 17 heavy (non-hydrogen) atoms. The Morgan fingerprint density at radius 2 is 1.76 bits per heavy atom. The third-order valence-corrected chi connectivity index (χ3v) is 4.70. The highest BCUT2D eigenvalue weighted by Gasteiger charge is 2.32. The predicted octanol–water partition coefficient (Wildman–Crippen LogP) is 0.839. The van der Waals surface area contributed by atoms with Gasteiger partial charge in [0.05, 0.1) is 6.10 Å². The number of hydrogen-bond donors (Lipinski definition) is 1. The Morgan fingerprint density at radius 1 is 1.06 bits per heavy atom. The van der Waals surface area contributed by atoms with E-state index in [1.807, 2.05) is 7.11 Å². The van der Waals surface area contributed by atoms with Crippen molar-refractivity contribution in [1.29, 1.82) is 0 Å². The van der Waals surface area contributed by atoms with E-state index in [-0.39, 0.29) is 0 Å². The van der Waals surface area contributed by atoms with Crippen molar-refractivity contribution in [3.8, 4) is 0 Å². The molecule has 2 saturated carbocycles. The smallest absolute Gasteiger partial charge is 0.0602 e. The number of methoxy groups -OCH3 is 1. The maximum absolute atomic E-state index is 5.31. The molecule has 0 spiro atoms. The molecule has 3 fully saturated rings. The Hall–Kier alpha value is -0.160. The Bertz CT molecular complexity index is 243. The first-order chi connectivity index (χ1) is 8.35. The Kier molecular flexibility index (Phi) is 3.66. The second kappa shape index (κ2) is 5.22. The number of hydrazine groups is 1. The van der Waals surface area contributed by atoms with E-state index in [0.717, 1.165) is 6.04 Å². The van der Waals surface area contributed by atoms with Crippen molar-refractivity contribution in [2.75, 3.05) is 33.3 Å². The number of ether oxygens (including phenoxy) is 1. The van der Waals surface area contributed by atoms with Gasteiger partial charge < -0.3 is 4.74 Å². The van der Waals surface area contributed by atoms with Crippen LogP contribution in [0.1, 0.15) is 32.1 Å². The maximum atomic E-state index is 5.31. The molecule has 0 radical (unpaired) electrons. The van der Waals surface area contributed by atoms with E-state index >= 15 is 0 Å². The average Bonchev–Trinajstić information content (AvgIpc) is 2.22. The summed E-state index contributed by atoms with van der Waals surface area (Å²) in [7, 11) is 1.82. The minimum absolute atomic E-state index is 0.503. The number of hydrogen-bond acceptors (Lipinski definition) is 4. The molecule has 0 aromatic heterocycles. The molecule has 1 heterocycles. The quantitative estimate of drug-likeness (QED) is 0.787. The second-order valence-electron chi connectivity index (χ2n) is 5.76. The van der Waals surface area contributed by atoms with Gasteiger partial charge in [-0.25, -0.2) is 5.01 Å². The fourth-order valence-corrected chi connectivity index (χ4v) is 3.09. The molecule has 0 unspecified atom stereocenters. The highest BCUT2D eigenvalue weighted by molar-refractivity contribution is 4.87. The summed E-state index contributed by atoms with van der Waals surface area (Å²) >= 11 is 0. The molecular weight excluding hydrogens is 214 g/mol. The summed E-state index contributed by atoms with van der Waals surface area (Å²) in [6.07, 6.45) is 7.18. The molecule has 0 aromatic rings. The van der Waals surface area contributed by atoms with Gasteiger partial charge in [0.25, 0.3) is 0 Å². The fraction of sp³-hybridized carbons (Fsp3) is 1.00. The normalized spacial score (nSPS) is 36.5. The van der Waals surface area contributed by atoms with E-state index in [9.17, 15) is 0 Å². The number of piperazine rings is 1. The van der Waals surface area contributed by atoms with E-state index in [1.165, 1.54) is 58.3 Å². The van der Waals surface area contributed by atoms with E-state index in [2.05, 4.69) is 15.3 Å². The first kappa shape index (κ1) is 11.9. The van der Waals surface area contributed by atoms with Crippen LogP contribution in [0.15, 0.2) is 0 Å². The molecule has 4 nitrogen and oxygen atoms in total. The Balaban J connectivity index is 1.34. The van der Waals surface area contributed by atoms with Crippen molar-refractivity contribution in [2.24, 2.45) is 0 Å². The average molecular weight is 239 g/mol. The number of nitrogens with zero attached hydrogens (tertiary/aromatic N) is 2. The first-order valence-corrected chi connectivity index (χ1v) is 7.13. The van der Waals surface area contributed by atoms with Crippen LogP contribution in [0.4, 0.5) is 0 Å². The van der Waals surface area contributed by atoms with Crippen molar-refractivity contribution in [3.05, 3.63) is 0 Å². The van der Waals surface area contributed by atoms with Crippen molar-refractivity contribution in [2.45, 2.75) is 50.3 Å². The second-order valence-corrected chi connectivity index (χ2v) is 5.76. The van der Waals surface area contributed by atoms with Gasteiger partial charge in [0, 0.05) is 45.4 Å². The van der Waals surface area contributed by atoms with Crippen LogP contribution in [0, 0.1) is 0 Å². The van der Waals surface area contributed by atoms with Gasteiger partial charge in [-0.05, 0) is 25.7 Å². The van der Waals surface area contributed by atoms with Crippen LogP contribution in [0.5, 0.6) is 0 Å². The molecule has 3 aliphatic rings. The van der Waals surface area contributed by atoms with Gasteiger partial charge in [-0.3, -0.25) is 10.3 Å². The third-order valence-electron chi connectivity index (χ3n) is 4.70. The zero-order valence-electron chi connectivity index (χ0n) is 10.9. The highest BCUT2D eigenvalue weighted by Crippen LogP contribution is 2.26. The third kappa shape index (κ3) is 2.65. The lowest BCUT2D eigenvalue weighted by atomic mass is 9.90. The van der Waals surface area contributed by atoms with Crippen LogP contribution in [0.2, 0.25) is 0 Å². The van der Waals surface area contributed by atoms with Crippen LogP contribution in [0.25, 0.3) is 0 Å². The first-order valence-electron chi connectivity index (χ1n) is 7.13. The van der Waals surface area contributed by atoms with E-state index in [4.69, 9.17) is 4.74 Å². The van der Waals surface area contributed by atoms with Crippen molar-refractivity contribution in [1.82, 2.24) is 15.3 Å². The van der Waals surface area contributed by atoms with Gasteiger partial charge in [0.2, 0.25) is 0 Å². The molecule has 98 valence electrons. The van der Waals surface area contributed by atoms with Crippen LogP contribution >= 0.6 is 0 Å². The molecule has 0 bridgehead atoms. The van der Waals surface area contributed by atoms with Gasteiger partial charge >= 0.3 is 0 Å². The minimum Gasteiger partial charge on any atom is -0.381 e. The van der Waals surface area contributed by atoms with Crippen LogP contribution < -0.4 is 5.43 Å². The van der Waals surface area contributed by atoms with Crippen LogP contribution in [-0.2, 0) is 4.74 Å². The lowest BCUT2D eigenvalue weighted by Crippen LogP contribution is -2.60.